The summed E-state index contributed by atoms with van der Waals surface area (Å²) in [5.41, 5.74) is -2.65. The van der Waals surface area contributed by atoms with E-state index in [0.717, 1.165) is 12.1 Å². The fourth-order valence-corrected chi connectivity index (χ4v) is 1.23. The van der Waals surface area contributed by atoms with Gasteiger partial charge >= 0.3 is 6.18 Å². The molecule has 0 aliphatic carbocycles. The number of para-hydroxylation sites is 1. The van der Waals surface area contributed by atoms with Crippen LogP contribution in [0.5, 0.6) is 0 Å². The maximum Gasteiger partial charge on any atom is 0.418 e. The molecule has 0 fully saturated rings. The molecule has 4 nitrogen and oxygen atoms in total. The fourth-order valence-electron chi connectivity index (χ4n) is 1.03. The predicted molar refractivity (Wildman–Crippen MR) is 47.6 cm³/mol. The van der Waals surface area contributed by atoms with E-state index in [0.29, 0.717) is 6.07 Å². The summed E-state index contributed by atoms with van der Waals surface area (Å²) in [5, 5.41) is 10.4. The molecule has 1 aromatic carbocycles. The van der Waals surface area contributed by atoms with Crippen molar-refractivity contribution in [2.45, 2.75) is 6.18 Å². The van der Waals surface area contributed by atoms with Gasteiger partial charge in [0.05, 0.1) is 10.5 Å². The first kappa shape index (κ1) is 11.6. The monoisotopic (exact) mass is 240 g/mol. The average molecular weight is 241 g/mol. The van der Waals surface area contributed by atoms with Crippen molar-refractivity contribution in [2.24, 2.45) is 0 Å². The molecule has 0 spiro atoms. The average Bonchev–Trinajstić information content (AvgIpc) is 2.15. The number of nitrogens with one attached hydrogen (secondary N) is 1. The van der Waals surface area contributed by atoms with Gasteiger partial charge in [0.1, 0.15) is 5.69 Å². The van der Waals surface area contributed by atoms with Crippen LogP contribution in [0, 0.1) is 10.1 Å². The van der Waals surface area contributed by atoms with Crippen molar-refractivity contribution in [1.82, 2.24) is 0 Å². The molecule has 0 atom stereocenters. The van der Waals surface area contributed by atoms with Crippen LogP contribution in [0.2, 0.25) is 0 Å². The molecule has 15 heavy (non-hydrogen) atoms. The molecule has 0 bridgehead atoms. The first-order chi connectivity index (χ1) is 6.88. The highest BCUT2D eigenvalue weighted by molar-refractivity contribution is 6.24. The molecule has 0 aliphatic rings. The van der Waals surface area contributed by atoms with Gasteiger partial charge < -0.3 is 0 Å². The Morgan fingerprint density at radius 3 is 2.40 bits per heavy atom. The Hall–Kier alpha value is -1.50. The van der Waals surface area contributed by atoms with E-state index >= 15 is 0 Å². The van der Waals surface area contributed by atoms with Gasteiger partial charge in [-0.2, -0.15) is 13.2 Å². The number of nitro groups is 1. The number of anilines is 1. The van der Waals surface area contributed by atoms with Gasteiger partial charge in [-0.15, -0.1) is 0 Å². The van der Waals surface area contributed by atoms with Gasteiger partial charge in [0, 0.05) is 17.8 Å². The second-order valence-electron chi connectivity index (χ2n) is 2.55. The quantitative estimate of drug-likeness (QED) is 0.491. The Morgan fingerprint density at radius 2 is 2.00 bits per heavy atom. The van der Waals surface area contributed by atoms with E-state index in [1.54, 1.807) is 4.84 Å². The zero-order chi connectivity index (χ0) is 11.6. The zero-order valence-electron chi connectivity index (χ0n) is 7.01. The number of rotatable bonds is 2. The third-order valence-corrected chi connectivity index (χ3v) is 1.83. The van der Waals surface area contributed by atoms with Crippen molar-refractivity contribution in [1.29, 1.82) is 0 Å². The highest BCUT2D eigenvalue weighted by Gasteiger charge is 2.36. The van der Waals surface area contributed by atoms with Crippen LogP contribution in [0.1, 0.15) is 5.56 Å². The van der Waals surface area contributed by atoms with E-state index in [2.05, 4.69) is 0 Å². The van der Waals surface area contributed by atoms with Crippen molar-refractivity contribution in [3.05, 3.63) is 33.9 Å². The van der Waals surface area contributed by atoms with Crippen LogP contribution < -0.4 is 4.84 Å². The minimum absolute atomic E-state index is 0.706. The van der Waals surface area contributed by atoms with E-state index in [4.69, 9.17) is 11.8 Å². The maximum absolute atomic E-state index is 12.4. The van der Waals surface area contributed by atoms with Gasteiger partial charge in [0.25, 0.3) is 5.69 Å². The van der Waals surface area contributed by atoms with Gasteiger partial charge in [-0.3, -0.25) is 15.0 Å². The Kier molecular flexibility index (Phi) is 3.04. The SMILES string of the molecule is O=[N+]([O-])c1cccc(C(F)(F)F)c1NCl. The van der Waals surface area contributed by atoms with Crippen LogP contribution in [0.4, 0.5) is 24.5 Å². The third-order valence-electron chi connectivity index (χ3n) is 1.64. The van der Waals surface area contributed by atoms with Crippen molar-refractivity contribution >= 4 is 23.2 Å². The lowest BCUT2D eigenvalue weighted by Crippen LogP contribution is -2.09. The molecule has 1 N–H and O–H groups in total. The Labute approximate surface area is 86.9 Å². The van der Waals surface area contributed by atoms with Gasteiger partial charge in [0.15, 0.2) is 0 Å². The first-order valence-corrected chi connectivity index (χ1v) is 3.97. The van der Waals surface area contributed by atoms with Gasteiger partial charge in [-0.05, 0) is 6.07 Å². The Morgan fingerprint density at radius 1 is 1.40 bits per heavy atom. The summed E-state index contributed by atoms with van der Waals surface area (Å²) in [6, 6.07) is 2.58. The molecule has 0 saturated carbocycles. The summed E-state index contributed by atoms with van der Waals surface area (Å²) in [6.07, 6.45) is -4.69. The number of nitro benzene ring substituents is 1. The highest BCUT2D eigenvalue weighted by Crippen LogP contribution is 2.39. The molecule has 1 aromatic rings. The van der Waals surface area contributed by atoms with E-state index in [9.17, 15) is 23.3 Å². The number of hydrogen-bond donors (Lipinski definition) is 1. The molecule has 0 saturated heterocycles. The third kappa shape index (κ3) is 2.30. The number of nitrogens with zero attached hydrogens (tertiary/aromatic N) is 1. The summed E-state index contributed by atoms with van der Waals surface area (Å²) < 4.78 is 37.1. The topological polar surface area (TPSA) is 55.2 Å². The van der Waals surface area contributed by atoms with E-state index in [1.807, 2.05) is 0 Å². The highest BCUT2D eigenvalue weighted by atomic mass is 35.5. The summed E-state index contributed by atoms with van der Waals surface area (Å²) in [7, 11) is 0. The van der Waals surface area contributed by atoms with Crippen LogP contribution in [0.3, 0.4) is 0 Å². The summed E-state index contributed by atoms with van der Waals surface area (Å²) in [5.74, 6) is 0. The second-order valence-corrected chi connectivity index (χ2v) is 2.74. The van der Waals surface area contributed by atoms with E-state index < -0.39 is 28.0 Å². The predicted octanol–water partition coefficient (Wildman–Crippen LogP) is 3.18. The lowest BCUT2D eigenvalue weighted by Gasteiger charge is -2.10. The maximum atomic E-state index is 12.4. The lowest BCUT2D eigenvalue weighted by atomic mass is 10.1. The van der Waals surface area contributed by atoms with Crippen LogP contribution in [0.25, 0.3) is 0 Å². The normalized spacial score (nSPS) is 11.2. The van der Waals surface area contributed by atoms with Gasteiger partial charge in [0.2, 0.25) is 0 Å². The molecule has 0 heterocycles. The second kappa shape index (κ2) is 3.93. The Bertz CT molecular complexity index is 394. The van der Waals surface area contributed by atoms with Crippen LogP contribution in [-0.2, 0) is 6.18 Å². The van der Waals surface area contributed by atoms with E-state index in [1.165, 1.54) is 0 Å². The smallest absolute Gasteiger partial charge is 0.292 e. The number of alkyl halides is 3. The van der Waals surface area contributed by atoms with Crippen molar-refractivity contribution in [3.63, 3.8) is 0 Å². The first-order valence-electron chi connectivity index (χ1n) is 3.59. The molecular weight excluding hydrogens is 237 g/mol. The number of hydrogen-bond acceptors (Lipinski definition) is 3. The van der Waals surface area contributed by atoms with Crippen molar-refractivity contribution in [2.75, 3.05) is 4.84 Å². The molecular formula is C7H4ClF3N2O2. The minimum atomic E-state index is -4.69. The molecule has 1 rings (SSSR count). The van der Waals surface area contributed by atoms with Gasteiger partial charge in [-0.25, -0.2) is 0 Å². The fraction of sp³-hybridized carbons (Fsp3) is 0.143. The Balaban J connectivity index is 3.42. The van der Waals surface area contributed by atoms with Crippen molar-refractivity contribution < 1.29 is 18.1 Å². The van der Waals surface area contributed by atoms with Crippen LogP contribution in [-0.4, -0.2) is 4.92 Å². The van der Waals surface area contributed by atoms with Crippen LogP contribution in [0.15, 0.2) is 18.2 Å². The molecule has 0 unspecified atom stereocenters. The zero-order valence-corrected chi connectivity index (χ0v) is 7.76. The number of halogens is 4. The molecule has 82 valence electrons. The van der Waals surface area contributed by atoms with Crippen molar-refractivity contribution in [3.8, 4) is 0 Å². The van der Waals surface area contributed by atoms with Crippen LogP contribution >= 0.6 is 11.8 Å². The molecule has 8 heteroatoms. The molecule has 0 radical (unpaired) electrons. The minimum Gasteiger partial charge on any atom is -0.292 e. The molecule has 0 amide bonds. The standard InChI is InChI=1S/C7H4ClF3N2O2/c8-12-6-4(7(9,10)11)2-1-3-5(6)13(14)15/h1-3,12H. The summed E-state index contributed by atoms with van der Waals surface area (Å²) >= 11 is 5.03. The summed E-state index contributed by atoms with van der Waals surface area (Å²) in [4.78, 5) is 11.1. The molecule has 0 aliphatic heterocycles. The number of benzene rings is 1. The van der Waals surface area contributed by atoms with E-state index in [-0.39, 0.29) is 0 Å². The summed E-state index contributed by atoms with van der Waals surface area (Å²) in [6.45, 7) is 0. The largest absolute Gasteiger partial charge is 0.418 e. The lowest BCUT2D eigenvalue weighted by molar-refractivity contribution is -0.384. The van der Waals surface area contributed by atoms with Gasteiger partial charge in [-0.1, -0.05) is 6.07 Å². The molecule has 0 aromatic heterocycles.